The van der Waals surface area contributed by atoms with Crippen LogP contribution in [-0.4, -0.2) is 70.0 Å². The summed E-state index contributed by atoms with van der Waals surface area (Å²) in [6.45, 7) is 7.83. The van der Waals surface area contributed by atoms with E-state index in [0.717, 1.165) is 48.8 Å². The number of hydrogen-bond acceptors (Lipinski definition) is 7. The van der Waals surface area contributed by atoms with Gasteiger partial charge >= 0.3 is 0 Å². The van der Waals surface area contributed by atoms with E-state index in [2.05, 4.69) is 44.2 Å². The molecule has 3 heterocycles. The lowest BCUT2D eigenvalue weighted by atomic mass is 10.1. The largest absolute Gasteiger partial charge is 0.378 e. The Bertz CT molecular complexity index is 1080. The van der Waals surface area contributed by atoms with E-state index in [-0.39, 0.29) is 12.3 Å². The van der Waals surface area contributed by atoms with Crippen molar-refractivity contribution >= 4 is 29.1 Å². The van der Waals surface area contributed by atoms with Crippen LogP contribution in [0.15, 0.2) is 29.4 Å². The van der Waals surface area contributed by atoms with Crippen molar-refractivity contribution in [3.8, 4) is 0 Å². The summed E-state index contributed by atoms with van der Waals surface area (Å²) in [5.41, 5.74) is 4.94. The van der Waals surface area contributed by atoms with Gasteiger partial charge in [-0.1, -0.05) is 23.9 Å². The van der Waals surface area contributed by atoms with Gasteiger partial charge in [-0.05, 0) is 37.8 Å². The Morgan fingerprint density at radius 2 is 1.87 bits per heavy atom. The fourth-order valence-electron chi connectivity index (χ4n) is 3.81. The molecule has 9 heteroatoms. The summed E-state index contributed by atoms with van der Waals surface area (Å²) in [6, 6.07) is 8.44. The number of ether oxygens (including phenoxy) is 1. The van der Waals surface area contributed by atoms with Crippen molar-refractivity contribution in [2.75, 3.05) is 44.5 Å². The van der Waals surface area contributed by atoms with Crippen LogP contribution in [0, 0.1) is 13.8 Å². The molecule has 0 aliphatic carbocycles. The van der Waals surface area contributed by atoms with Crippen LogP contribution in [0.3, 0.4) is 0 Å². The first kappa shape index (κ1) is 21.6. The molecule has 2 aromatic heterocycles. The van der Waals surface area contributed by atoms with Gasteiger partial charge in [0.15, 0.2) is 0 Å². The molecule has 4 rings (SSSR count). The molecule has 1 aliphatic rings. The topological polar surface area (TPSA) is 75.9 Å². The average molecular weight is 441 g/mol. The highest BCUT2D eigenvalue weighted by molar-refractivity contribution is 7.98. The van der Waals surface area contributed by atoms with Gasteiger partial charge in [-0.15, -0.1) is 5.10 Å². The second kappa shape index (κ2) is 9.23. The molecule has 1 aliphatic heterocycles. The van der Waals surface area contributed by atoms with Crippen LogP contribution in [0.5, 0.6) is 0 Å². The first-order valence-electron chi connectivity index (χ1n) is 10.4. The van der Waals surface area contributed by atoms with Crippen molar-refractivity contribution in [3.63, 3.8) is 0 Å². The van der Waals surface area contributed by atoms with Gasteiger partial charge in [0.05, 0.1) is 19.6 Å². The predicted molar refractivity (Wildman–Crippen MR) is 122 cm³/mol. The van der Waals surface area contributed by atoms with Gasteiger partial charge in [-0.2, -0.15) is 4.98 Å². The normalized spacial score (nSPS) is 14.3. The Morgan fingerprint density at radius 1 is 1.16 bits per heavy atom. The number of hydrogen-bond donors (Lipinski definition) is 0. The number of benzene rings is 1. The highest BCUT2D eigenvalue weighted by Gasteiger charge is 2.18. The van der Waals surface area contributed by atoms with E-state index in [1.54, 1.807) is 9.42 Å². The Kier molecular flexibility index (Phi) is 6.43. The summed E-state index contributed by atoms with van der Waals surface area (Å²) in [7, 11) is 1.84. The Hall–Kier alpha value is -2.65. The SMILES string of the molecule is CSc1nc2nc(C)c(CC(=O)N(C)Cc3ccc(N4CCOCC4)cc3)c(C)n2n1. The van der Waals surface area contributed by atoms with Crippen molar-refractivity contribution in [1.82, 2.24) is 24.5 Å². The number of nitrogens with zero attached hydrogens (tertiary/aromatic N) is 6. The number of likely N-dealkylation sites (N-methyl/N-ethyl adjacent to an activating group) is 1. The fourth-order valence-corrected chi connectivity index (χ4v) is 4.15. The molecule has 164 valence electrons. The lowest BCUT2D eigenvalue weighted by Gasteiger charge is -2.29. The van der Waals surface area contributed by atoms with Crippen molar-refractivity contribution in [2.45, 2.75) is 32.0 Å². The van der Waals surface area contributed by atoms with Crippen LogP contribution in [0.25, 0.3) is 5.78 Å². The van der Waals surface area contributed by atoms with E-state index in [4.69, 9.17) is 4.74 Å². The Balaban J connectivity index is 1.44. The molecule has 1 saturated heterocycles. The smallest absolute Gasteiger partial charge is 0.253 e. The van der Waals surface area contributed by atoms with Crippen LogP contribution in [0.2, 0.25) is 0 Å². The molecule has 31 heavy (non-hydrogen) atoms. The number of thioether (sulfide) groups is 1. The van der Waals surface area contributed by atoms with E-state index in [1.165, 1.54) is 17.4 Å². The highest BCUT2D eigenvalue weighted by atomic mass is 32.2. The fraction of sp³-hybridized carbons (Fsp3) is 0.455. The molecule has 0 N–H and O–H groups in total. The molecule has 1 amide bonds. The van der Waals surface area contributed by atoms with Gasteiger partial charge < -0.3 is 14.5 Å². The maximum Gasteiger partial charge on any atom is 0.253 e. The van der Waals surface area contributed by atoms with E-state index >= 15 is 0 Å². The Labute approximate surface area is 186 Å². The van der Waals surface area contributed by atoms with E-state index in [1.807, 2.05) is 27.2 Å². The number of morpholine rings is 1. The second-order valence-electron chi connectivity index (χ2n) is 7.76. The lowest BCUT2D eigenvalue weighted by Crippen LogP contribution is -2.36. The standard InChI is InChI=1S/C22H28N6O2S/c1-15-19(16(2)28-21(23-15)24-22(25-28)31-4)13-20(29)26(3)14-17-5-7-18(8-6-17)27-9-11-30-12-10-27/h5-8H,9-14H2,1-4H3. The number of carbonyl (C=O) groups excluding carboxylic acids is 1. The maximum absolute atomic E-state index is 13.0. The van der Waals surface area contributed by atoms with Crippen LogP contribution in [0.1, 0.15) is 22.5 Å². The lowest BCUT2D eigenvalue weighted by molar-refractivity contribution is -0.129. The molecular formula is C22H28N6O2S. The maximum atomic E-state index is 13.0. The molecule has 3 aromatic rings. The number of fused-ring (bicyclic) bond motifs is 1. The van der Waals surface area contributed by atoms with Gasteiger partial charge in [0.25, 0.3) is 5.78 Å². The molecule has 0 saturated carbocycles. The molecule has 0 spiro atoms. The van der Waals surface area contributed by atoms with Crippen LogP contribution < -0.4 is 4.90 Å². The zero-order valence-corrected chi connectivity index (χ0v) is 19.3. The minimum atomic E-state index is 0.0508. The summed E-state index contributed by atoms with van der Waals surface area (Å²) >= 11 is 1.48. The van der Waals surface area contributed by atoms with Gasteiger partial charge in [0, 0.05) is 49.3 Å². The summed E-state index contributed by atoms with van der Waals surface area (Å²) in [5.74, 6) is 0.624. The van der Waals surface area contributed by atoms with Gasteiger partial charge in [-0.3, -0.25) is 4.79 Å². The first-order chi connectivity index (χ1) is 15.0. The third-order valence-corrected chi connectivity index (χ3v) is 6.24. The zero-order chi connectivity index (χ0) is 22.0. The third kappa shape index (κ3) is 4.67. The number of aryl methyl sites for hydroxylation is 2. The molecular weight excluding hydrogens is 412 g/mol. The van der Waals surface area contributed by atoms with Gasteiger partial charge in [0.1, 0.15) is 0 Å². The van der Waals surface area contributed by atoms with E-state index in [0.29, 0.717) is 17.5 Å². The quantitative estimate of drug-likeness (QED) is 0.545. The molecule has 1 fully saturated rings. The summed E-state index contributed by atoms with van der Waals surface area (Å²) in [5, 5.41) is 5.15. The third-order valence-electron chi connectivity index (χ3n) is 5.70. The van der Waals surface area contributed by atoms with Gasteiger partial charge in [-0.25, -0.2) is 9.50 Å². The van der Waals surface area contributed by atoms with Crippen molar-refractivity contribution in [3.05, 3.63) is 46.8 Å². The number of amides is 1. The van der Waals surface area contributed by atoms with Crippen LogP contribution in [0.4, 0.5) is 5.69 Å². The zero-order valence-electron chi connectivity index (χ0n) is 18.5. The minimum Gasteiger partial charge on any atom is -0.378 e. The molecule has 0 atom stereocenters. The minimum absolute atomic E-state index is 0.0508. The van der Waals surface area contributed by atoms with Crippen molar-refractivity contribution in [2.24, 2.45) is 0 Å². The second-order valence-corrected chi connectivity index (χ2v) is 8.54. The van der Waals surface area contributed by atoms with Crippen LogP contribution in [-0.2, 0) is 22.5 Å². The summed E-state index contributed by atoms with van der Waals surface area (Å²) in [6.07, 6.45) is 2.22. The summed E-state index contributed by atoms with van der Waals surface area (Å²) in [4.78, 5) is 26.0. The summed E-state index contributed by atoms with van der Waals surface area (Å²) < 4.78 is 7.15. The molecule has 0 radical (unpaired) electrons. The van der Waals surface area contributed by atoms with Crippen LogP contribution >= 0.6 is 11.8 Å². The highest BCUT2D eigenvalue weighted by Crippen LogP contribution is 2.20. The Morgan fingerprint density at radius 3 is 2.55 bits per heavy atom. The van der Waals surface area contributed by atoms with Crippen molar-refractivity contribution < 1.29 is 9.53 Å². The predicted octanol–water partition coefficient (Wildman–Crippen LogP) is 2.50. The van der Waals surface area contributed by atoms with E-state index in [9.17, 15) is 4.79 Å². The first-order valence-corrected chi connectivity index (χ1v) is 11.6. The van der Waals surface area contributed by atoms with E-state index < -0.39 is 0 Å². The molecule has 1 aromatic carbocycles. The molecule has 0 bridgehead atoms. The van der Waals surface area contributed by atoms with Crippen molar-refractivity contribution in [1.29, 1.82) is 0 Å². The monoisotopic (exact) mass is 440 g/mol. The molecule has 0 unspecified atom stereocenters. The number of rotatable bonds is 6. The number of aromatic nitrogens is 4. The van der Waals surface area contributed by atoms with Gasteiger partial charge in [0.2, 0.25) is 11.1 Å². The number of anilines is 1. The average Bonchev–Trinajstić information content (AvgIpc) is 3.21. The number of carbonyl (C=O) groups is 1. The molecule has 8 nitrogen and oxygen atoms in total.